The average molecular weight is 349 g/mol. The number of hydrogen-bond acceptors (Lipinski definition) is 3. The molecule has 3 aromatic rings. The summed E-state index contributed by atoms with van der Waals surface area (Å²) in [7, 11) is 0. The third-order valence-electron chi connectivity index (χ3n) is 4.16. The highest BCUT2D eigenvalue weighted by molar-refractivity contribution is 5.77. The molecular formula is C22H23NO3. The molecular weight excluding hydrogens is 326 g/mol. The molecule has 3 rings (SSSR count). The number of ether oxygens (including phenoxy) is 1. The van der Waals surface area contributed by atoms with Crippen molar-refractivity contribution in [1.29, 1.82) is 0 Å². The third-order valence-corrected chi connectivity index (χ3v) is 4.16. The monoisotopic (exact) mass is 349 g/mol. The number of furan rings is 1. The Hall–Kier alpha value is -3.01. The van der Waals surface area contributed by atoms with E-state index in [-0.39, 0.29) is 12.5 Å². The smallest absolute Gasteiger partial charge is 0.261 e. The molecule has 0 aliphatic rings. The summed E-state index contributed by atoms with van der Waals surface area (Å²) in [6, 6.07) is 19.6. The lowest BCUT2D eigenvalue weighted by Gasteiger charge is -2.22. The Morgan fingerprint density at radius 2 is 1.58 bits per heavy atom. The molecule has 0 aliphatic heterocycles. The minimum atomic E-state index is -0.0810. The number of carbonyl (C=O) groups is 1. The van der Waals surface area contributed by atoms with Crippen molar-refractivity contribution >= 4 is 5.91 Å². The first kappa shape index (κ1) is 17.8. The third kappa shape index (κ3) is 4.99. The molecule has 1 heterocycles. The molecule has 0 bridgehead atoms. The van der Waals surface area contributed by atoms with E-state index in [0.717, 1.165) is 16.9 Å². The molecule has 2 aromatic carbocycles. The number of amides is 1. The van der Waals surface area contributed by atoms with Gasteiger partial charge in [0.25, 0.3) is 5.91 Å². The number of benzene rings is 2. The van der Waals surface area contributed by atoms with Gasteiger partial charge >= 0.3 is 0 Å². The minimum absolute atomic E-state index is 0.00433. The maximum atomic E-state index is 12.7. The van der Waals surface area contributed by atoms with Gasteiger partial charge in [0.2, 0.25) is 0 Å². The van der Waals surface area contributed by atoms with Crippen LogP contribution >= 0.6 is 0 Å². The maximum absolute atomic E-state index is 12.7. The van der Waals surface area contributed by atoms with Crippen molar-refractivity contribution < 1.29 is 13.9 Å². The Bertz CT molecular complexity index is 821. The van der Waals surface area contributed by atoms with E-state index >= 15 is 0 Å². The Kier molecular flexibility index (Phi) is 5.74. The summed E-state index contributed by atoms with van der Waals surface area (Å²) in [5, 5.41) is 0. The SMILES string of the molecule is Cc1ccc(CN(Cc2ccco2)C(=O)COc2ccc(C)cc2)cc1. The van der Waals surface area contributed by atoms with E-state index in [9.17, 15) is 4.79 Å². The van der Waals surface area contributed by atoms with Crippen LogP contribution in [0.2, 0.25) is 0 Å². The first-order valence-corrected chi connectivity index (χ1v) is 8.65. The second-order valence-corrected chi connectivity index (χ2v) is 6.42. The first-order chi connectivity index (χ1) is 12.6. The lowest BCUT2D eigenvalue weighted by atomic mass is 10.1. The van der Waals surface area contributed by atoms with Gasteiger partial charge in [-0.15, -0.1) is 0 Å². The zero-order valence-electron chi connectivity index (χ0n) is 15.1. The first-order valence-electron chi connectivity index (χ1n) is 8.65. The Morgan fingerprint density at radius 1 is 0.923 bits per heavy atom. The highest BCUT2D eigenvalue weighted by atomic mass is 16.5. The molecule has 0 unspecified atom stereocenters. The number of carbonyl (C=O) groups excluding carboxylic acids is 1. The van der Waals surface area contributed by atoms with Crippen molar-refractivity contribution in [2.75, 3.05) is 6.61 Å². The summed E-state index contributed by atoms with van der Waals surface area (Å²) in [6.45, 7) is 4.98. The van der Waals surface area contributed by atoms with Gasteiger partial charge in [-0.2, -0.15) is 0 Å². The van der Waals surface area contributed by atoms with Crippen LogP contribution in [0.1, 0.15) is 22.5 Å². The molecule has 1 aromatic heterocycles. The molecule has 0 spiro atoms. The Morgan fingerprint density at radius 3 is 2.19 bits per heavy atom. The van der Waals surface area contributed by atoms with E-state index in [1.807, 2.05) is 74.5 Å². The van der Waals surface area contributed by atoms with Crippen molar-refractivity contribution in [3.63, 3.8) is 0 Å². The predicted octanol–water partition coefficient (Wildman–Crippen LogP) is 4.50. The summed E-state index contributed by atoms with van der Waals surface area (Å²) < 4.78 is 11.1. The second-order valence-electron chi connectivity index (χ2n) is 6.42. The van der Waals surface area contributed by atoms with E-state index in [4.69, 9.17) is 9.15 Å². The summed E-state index contributed by atoms with van der Waals surface area (Å²) in [5.74, 6) is 1.36. The van der Waals surface area contributed by atoms with Crippen molar-refractivity contribution in [3.8, 4) is 5.75 Å². The largest absolute Gasteiger partial charge is 0.484 e. The summed E-state index contributed by atoms with van der Waals surface area (Å²) in [4.78, 5) is 14.5. The van der Waals surface area contributed by atoms with Crippen LogP contribution < -0.4 is 4.74 Å². The summed E-state index contributed by atoms with van der Waals surface area (Å²) in [6.07, 6.45) is 1.62. The molecule has 1 amide bonds. The van der Waals surface area contributed by atoms with Gasteiger partial charge in [-0.1, -0.05) is 47.5 Å². The Balaban J connectivity index is 1.67. The normalized spacial score (nSPS) is 10.5. The van der Waals surface area contributed by atoms with Gasteiger partial charge in [0.05, 0.1) is 12.8 Å². The lowest BCUT2D eigenvalue weighted by Crippen LogP contribution is -2.34. The fourth-order valence-electron chi connectivity index (χ4n) is 2.61. The molecule has 26 heavy (non-hydrogen) atoms. The van der Waals surface area contributed by atoms with Gasteiger partial charge in [0.1, 0.15) is 11.5 Å². The van der Waals surface area contributed by atoms with Crippen molar-refractivity contribution in [3.05, 3.63) is 89.4 Å². The van der Waals surface area contributed by atoms with Crippen LogP contribution in [0.4, 0.5) is 0 Å². The Labute approximate surface area is 154 Å². The van der Waals surface area contributed by atoms with Gasteiger partial charge < -0.3 is 14.1 Å². The molecule has 0 aliphatic carbocycles. The zero-order valence-corrected chi connectivity index (χ0v) is 15.1. The quantitative estimate of drug-likeness (QED) is 0.630. The zero-order chi connectivity index (χ0) is 18.4. The second kappa shape index (κ2) is 8.39. The molecule has 0 fully saturated rings. The minimum Gasteiger partial charge on any atom is -0.484 e. The molecule has 0 radical (unpaired) electrons. The number of hydrogen-bond donors (Lipinski definition) is 0. The predicted molar refractivity (Wildman–Crippen MR) is 101 cm³/mol. The van der Waals surface area contributed by atoms with E-state index in [1.54, 1.807) is 11.2 Å². The van der Waals surface area contributed by atoms with Crippen molar-refractivity contribution in [1.82, 2.24) is 4.90 Å². The van der Waals surface area contributed by atoms with Crippen molar-refractivity contribution in [2.45, 2.75) is 26.9 Å². The van der Waals surface area contributed by atoms with Crippen LogP contribution in [0.15, 0.2) is 71.3 Å². The number of aryl methyl sites for hydroxylation is 2. The summed E-state index contributed by atoms with van der Waals surface area (Å²) >= 11 is 0. The van der Waals surface area contributed by atoms with Gasteiger partial charge in [0, 0.05) is 6.54 Å². The molecule has 134 valence electrons. The van der Waals surface area contributed by atoms with E-state index in [1.165, 1.54) is 5.56 Å². The molecule has 4 heteroatoms. The van der Waals surface area contributed by atoms with Crippen LogP contribution in [0, 0.1) is 13.8 Å². The molecule has 0 saturated heterocycles. The van der Waals surface area contributed by atoms with E-state index in [0.29, 0.717) is 18.8 Å². The maximum Gasteiger partial charge on any atom is 0.261 e. The number of rotatable bonds is 7. The molecule has 0 atom stereocenters. The fraction of sp³-hybridized carbons (Fsp3) is 0.227. The van der Waals surface area contributed by atoms with Crippen molar-refractivity contribution in [2.24, 2.45) is 0 Å². The highest BCUT2D eigenvalue weighted by Gasteiger charge is 2.17. The van der Waals surface area contributed by atoms with Gasteiger partial charge in [-0.25, -0.2) is 0 Å². The topological polar surface area (TPSA) is 42.7 Å². The molecule has 4 nitrogen and oxygen atoms in total. The van der Waals surface area contributed by atoms with E-state index < -0.39 is 0 Å². The van der Waals surface area contributed by atoms with Gasteiger partial charge in [-0.3, -0.25) is 4.79 Å². The van der Waals surface area contributed by atoms with E-state index in [2.05, 4.69) is 0 Å². The van der Waals surface area contributed by atoms with Gasteiger partial charge in [-0.05, 0) is 43.7 Å². The summed E-state index contributed by atoms with van der Waals surface area (Å²) in [5.41, 5.74) is 3.42. The molecule has 0 N–H and O–H groups in total. The van der Waals surface area contributed by atoms with Gasteiger partial charge in [0.15, 0.2) is 6.61 Å². The molecule has 0 saturated carbocycles. The van der Waals surface area contributed by atoms with Crippen LogP contribution in [-0.2, 0) is 17.9 Å². The lowest BCUT2D eigenvalue weighted by molar-refractivity contribution is -0.134. The van der Waals surface area contributed by atoms with Crippen LogP contribution in [0.25, 0.3) is 0 Å². The fourth-order valence-corrected chi connectivity index (χ4v) is 2.61. The average Bonchev–Trinajstić information content (AvgIpc) is 3.15. The van der Waals surface area contributed by atoms with Crippen LogP contribution in [-0.4, -0.2) is 17.4 Å². The number of nitrogens with zero attached hydrogens (tertiary/aromatic N) is 1. The van der Waals surface area contributed by atoms with Crippen LogP contribution in [0.3, 0.4) is 0 Å². The highest BCUT2D eigenvalue weighted by Crippen LogP contribution is 2.14. The standard InChI is InChI=1S/C22H23NO3/c1-17-5-9-19(10-6-17)14-23(15-21-4-3-13-25-21)22(24)16-26-20-11-7-18(2)8-12-20/h3-13H,14-16H2,1-2H3. The van der Waals surface area contributed by atoms with Crippen LogP contribution in [0.5, 0.6) is 5.75 Å².